The fourth-order valence-electron chi connectivity index (χ4n) is 4.50. The molecule has 0 saturated heterocycles. The van der Waals surface area contributed by atoms with Crippen LogP contribution in [-0.2, 0) is 10.3 Å². The van der Waals surface area contributed by atoms with Crippen LogP contribution in [0.5, 0.6) is 5.75 Å². The summed E-state index contributed by atoms with van der Waals surface area (Å²) in [6.07, 6.45) is 2.12. The van der Waals surface area contributed by atoms with E-state index in [-0.39, 0.29) is 35.9 Å². The molecular formula is C23H24F3N3O3. The molecule has 0 fully saturated rings. The first-order chi connectivity index (χ1) is 15.2. The highest BCUT2D eigenvalue weighted by Gasteiger charge is 2.57. The molecule has 9 heteroatoms. The molecule has 170 valence electrons. The molecule has 2 aromatic rings. The van der Waals surface area contributed by atoms with Crippen molar-refractivity contribution in [3.8, 4) is 16.9 Å². The summed E-state index contributed by atoms with van der Waals surface area (Å²) in [5, 5.41) is 10.2. The third kappa shape index (κ3) is 3.31. The van der Waals surface area contributed by atoms with Crippen molar-refractivity contribution in [2.24, 2.45) is 10.7 Å². The number of fused-ring (bicyclic) bond motifs is 2. The molecule has 2 unspecified atom stereocenters. The van der Waals surface area contributed by atoms with Crippen LogP contribution in [0.4, 0.5) is 13.2 Å². The van der Waals surface area contributed by atoms with E-state index in [1.807, 2.05) is 6.92 Å². The second-order valence-electron chi connectivity index (χ2n) is 8.38. The highest BCUT2D eigenvalue weighted by Crippen LogP contribution is 2.51. The maximum atomic E-state index is 14.5. The maximum Gasteiger partial charge on any atom is 0.261 e. The van der Waals surface area contributed by atoms with E-state index in [1.54, 1.807) is 0 Å². The van der Waals surface area contributed by atoms with Gasteiger partial charge in [-0.1, -0.05) is 19.4 Å². The standard InChI is InChI=1S/C23H24F3N3O3/c1-3-4-7-22(12-30)11-23(20(31)29(2)21(27)28-23)16-8-13(5-6-18(16)32-22)15-9-14(24)10-17(25)19(15)26/h5-6,8-10,30H,3-4,7,11-12H2,1-2H3,(H2,27,28). The lowest BCUT2D eigenvalue weighted by Crippen LogP contribution is -2.53. The highest BCUT2D eigenvalue weighted by molar-refractivity contribution is 6.07. The van der Waals surface area contributed by atoms with Gasteiger partial charge in [0.1, 0.15) is 17.2 Å². The molecule has 0 bridgehead atoms. The Kier molecular flexibility index (Phi) is 5.40. The Bertz CT molecular complexity index is 1120. The first-order valence-electron chi connectivity index (χ1n) is 10.4. The summed E-state index contributed by atoms with van der Waals surface area (Å²) in [4.78, 5) is 19.0. The zero-order chi connectivity index (χ0) is 23.3. The van der Waals surface area contributed by atoms with E-state index >= 15 is 0 Å². The number of aliphatic imine (C=N–C) groups is 1. The first-order valence-corrected chi connectivity index (χ1v) is 10.4. The average Bonchev–Trinajstić information content (AvgIpc) is 2.98. The van der Waals surface area contributed by atoms with Gasteiger partial charge in [-0.05, 0) is 36.6 Å². The minimum absolute atomic E-state index is 0.00133. The van der Waals surface area contributed by atoms with Crippen molar-refractivity contribution in [2.75, 3.05) is 13.7 Å². The van der Waals surface area contributed by atoms with E-state index in [1.165, 1.54) is 30.1 Å². The van der Waals surface area contributed by atoms with Gasteiger partial charge in [0.15, 0.2) is 23.1 Å². The number of unbranched alkanes of at least 4 members (excludes halogenated alkanes) is 1. The molecule has 32 heavy (non-hydrogen) atoms. The molecule has 2 aliphatic rings. The lowest BCUT2D eigenvalue weighted by atomic mass is 9.74. The number of aliphatic hydroxyl groups excluding tert-OH is 1. The van der Waals surface area contributed by atoms with Crippen LogP contribution in [0.25, 0.3) is 11.1 Å². The molecule has 2 aromatic carbocycles. The third-order valence-electron chi connectivity index (χ3n) is 6.22. The fourth-order valence-corrected chi connectivity index (χ4v) is 4.50. The predicted molar refractivity (Wildman–Crippen MR) is 112 cm³/mol. The first kappa shape index (κ1) is 22.1. The molecule has 0 saturated carbocycles. The predicted octanol–water partition coefficient (Wildman–Crippen LogP) is 3.46. The molecule has 2 heterocycles. The van der Waals surface area contributed by atoms with Crippen molar-refractivity contribution in [3.63, 3.8) is 0 Å². The topological polar surface area (TPSA) is 88.2 Å². The SMILES string of the molecule is CCCCC1(CO)CC2(N=C(N)N(C)C2=O)c2cc(-c3cc(F)cc(F)c3F)ccc2O1. The van der Waals surface area contributed by atoms with Gasteiger partial charge in [-0.2, -0.15) is 0 Å². The van der Waals surface area contributed by atoms with E-state index < -0.39 is 34.5 Å². The summed E-state index contributed by atoms with van der Waals surface area (Å²) >= 11 is 0. The Balaban J connectivity index is 1.92. The number of carbonyl (C=O) groups excluding carboxylic acids is 1. The molecule has 1 spiro atoms. The van der Waals surface area contributed by atoms with E-state index in [9.17, 15) is 23.1 Å². The Morgan fingerprint density at radius 2 is 2.00 bits per heavy atom. The summed E-state index contributed by atoms with van der Waals surface area (Å²) in [5.41, 5.74) is 3.57. The molecule has 2 atom stereocenters. The zero-order valence-electron chi connectivity index (χ0n) is 17.8. The van der Waals surface area contributed by atoms with Crippen molar-refractivity contribution in [3.05, 3.63) is 53.3 Å². The van der Waals surface area contributed by atoms with Gasteiger partial charge in [-0.15, -0.1) is 0 Å². The number of hydrogen-bond donors (Lipinski definition) is 2. The summed E-state index contributed by atoms with van der Waals surface area (Å²) < 4.78 is 48.3. The number of aliphatic hydroxyl groups is 1. The smallest absolute Gasteiger partial charge is 0.261 e. The molecule has 0 radical (unpaired) electrons. The second-order valence-corrected chi connectivity index (χ2v) is 8.38. The van der Waals surface area contributed by atoms with Crippen LogP contribution in [0.1, 0.15) is 38.2 Å². The number of ether oxygens (including phenoxy) is 1. The lowest BCUT2D eigenvalue weighted by molar-refractivity contribution is -0.135. The van der Waals surface area contributed by atoms with Crippen LogP contribution in [0, 0.1) is 17.5 Å². The average molecular weight is 447 g/mol. The summed E-state index contributed by atoms with van der Waals surface area (Å²) in [5.74, 6) is -3.59. The van der Waals surface area contributed by atoms with Gasteiger partial charge in [-0.3, -0.25) is 9.69 Å². The summed E-state index contributed by atoms with van der Waals surface area (Å²) in [7, 11) is 1.49. The maximum absolute atomic E-state index is 14.5. The van der Waals surface area contributed by atoms with Crippen molar-refractivity contribution in [2.45, 2.75) is 43.7 Å². The third-order valence-corrected chi connectivity index (χ3v) is 6.22. The van der Waals surface area contributed by atoms with Gasteiger partial charge in [0.25, 0.3) is 5.91 Å². The van der Waals surface area contributed by atoms with Gasteiger partial charge in [0.05, 0.1) is 6.61 Å². The fraction of sp³-hybridized carbons (Fsp3) is 0.391. The second kappa shape index (κ2) is 7.81. The molecular weight excluding hydrogens is 423 g/mol. The van der Waals surface area contributed by atoms with Gasteiger partial charge < -0.3 is 15.6 Å². The number of amides is 1. The van der Waals surface area contributed by atoms with Crippen LogP contribution in [-0.4, -0.2) is 41.1 Å². The number of rotatable bonds is 5. The quantitative estimate of drug-likeness (QED) is 0.688. The van der Waals surface area contributed by atoms with Crippen molar-refractivity contribution < 1.29 is 27.8 Å². The molecule has 3 N–H and O–H groups in total. The molecule has 4 rings (SSSR count). The Morgan fingerprint density at radius 1 is 1.25 bits per heavy atom. The van der Waals surface area contributed by atoms with Crippen molar-refractivity contribution in [1.82, 2.24) is 4.90 Å². The molecule has 0 aromatic heterocycles. The monoisotopic (exact) mass is 447 g/mol. The largest absolute Gasteiger partial charge is 0.484 e. The van der Waals surface area contributed by atoms with Crippen LogP contribution in [0.3, 0.4) is 0 Å². The van der Waals surface area contributed by atoms with E-state index in [0.717, 1.165) is 18.9 Å². The van der Waals surface area contributed by atoms with Gasteiger partial charge in [0.2, 0.25) is 0 Å². The Hall–Kier alpha value is -3.07. The van der Waals surface area contributed by atoms with E-state index in [2.05, 4.69) is 4.99 Å². The molecule has 0 aliphatic carbocycles. The van der Waals surface area contributed by atoms with Crippen LogP contribution in [0.2, 0.25) is 0 Å². The number of nitrogens with zero attached hydrogens (tertiary/aromatic N) is 2. The van der Waals surface area contributed by atoms with Crippen molar-refractivity contribution >= 4 is 11.9 Å². The lowest BCUT2D eigenvalue weighted by Gasteiger charge is -2.44. The van der Waals surface area contributed by atoms with Crippen molar-refractivity contribution in [1.29, 1.82) is 0 Å². The van der Waals surface area contributed by atoms with Crippen LogP contribution >= 0.6 is 0 Å². The van der Waals surface area contributed by atoms with Crippen LogP contribution in [0.15, 0.2) is 35.3 Å². The number of guanidine groups is 1. The minimum atomic E-state index is -1.50. The number of hydrogen-bond acceptors (Lipinski definition) is 5. The summed E-state index contributed by atoms with van der Waals surface area (Å²) in [6, 6.07) is 5.75. The Labute approximate surface area is 183 Å². The number of benzene rings is 2. The number of likely N-dealkylation sites (N-methyl/N-ethyl adjacent to an activating group) is 1. The number of nitrogens with two attached hydrogens (primary N) is 1. The number of carbonyl (C=O) groups is 1. The minimum Gasteiger partial charge on any atom is -0.484 e. The molecule has 6 nitrogen and oxygen atoms in total. The van der Waals surface area contributed by atoms with Gasteiger partial charge >= 0.3 is 0 Å². The van der Waals surface area contributed by atoms with E-state index in [0.29, 0.717) is 18.1 Å². The normalized spacial score (nSPS) is 24.5. The molecule has 1 amide bonds. The molecule has 2 aliphatic heterocycles. The Morgan fingerprint density at radius 3 is 2.62 bits per heavy atom. The van der Waals surface area contributed by atoms with Gasteiger partial charge in [-0.25, -0.2) is 18.2 Å². The summed E-state index contributed by atoms with van der Waals surface area (Å²) in [6.45, 7) is 1.66. The zero-order valence-corrected chi connectivity index (χ0v) is 17.8. The number of halogens is 3. The van der Waals surface area contributed by atoms with E-state index in [4.69, 9.17) is 10.5 Å². The van der Waals surface area contributed by atoms with Crippen LogP contribution < -0.4 is 10.5 Å². The highest BCUT2D eigenvalue weighted by atomic mass is 19.2. The van der Waals surface area contributed by atoms with Gasteiger partial charge in [0, 0.05) is 30.7 Å².